The predicted octanol–water partition coefficient (Wildman–Crippen LogP) is -0.864. The number of nitrogens with zero attached hydrogens (tertiary/aromatic N) is 4. The van der Waals surface area contributed by atoms with Gasteiger partial charge in [0.15, 0.2) is 6.29 Å². The van der Waals surface area contributed by atoms with E-state index in [9.17, 15) is 24.8 Å². The van der Waals surface area contributed by atoms with Gasteiger partial charge in [-0.3, -0.25) is 29.4 Å². The standard InChI is InChI=1S/C18H23N7O5/c1-22-15-14(16(27)21-18(22)28)24(17(20-15)23-8-6-19-7-9-23)10-13(26)11-2-4-12(5-3-11)25(29)30/h2-5,13,17,19-20,26H,6-10H2,1H3,(H,21,27,28). The van der Waals surface area contributed by atoms with Crippen LogP contribution in [0.4, 0.5) is 17.2 Å². The lowest BCUT2D eigenvalue weighted by molar-refractivity contribution is -0.384. The van der Waals surface area contributed by atoms with Crippen molar-refractivity contribution >= 4 is 17.2 Å². The molecular formula is C18H23N7O5. The third-order valence-electron chi connectivity index (χ3n) is 5.50. The molecule has 0 radical (unpaired) electrons. The number of β-amino-alcohol motifs (C(OH)–C–C–N with tert-alkyl or cyclic N) is 1. The van der Waals surface area contributed by atoms with Crippen LogP contribution in [0.3, 0.4) is 0 Å². The Morgan fingerprint density at radius 3 is 2.53 bits per heavy atom. The Kier molecular flexibility index (Phi) is 5.28. The van der Waals surface area contributed by atoms with E-state index in [2.05, 4.69) is 20.5 Å². The molecule has 12 heteroatoms. The number of nitrogens with one attached hydrogen (secondary N) is 3. The molecule has 4 rings (SSSR count). The van der Waals surface area contributed by atoms with E-state index in [0.29, 0.717) is 11.4 Å². The molecule has 12 nitrogen and oxygen atoms in total. The Morgan fingerprint density at radius 1 is 1.23 bits per heavy atom. The number of nitro groups is 1. The van der Waals surface area contributed by atoms with Gasteiger partial charge in [0.05, 0.1) is 17.6 Å². The Hall–Kier alpha value is -3.22. The summed E-state index contributed by atoms with van der Waals surface area (Å²) in [6.07, 6.45) is -1.41. The lowest BCUT2D eigenvalue weighted by atomic mass is 10.1. The molecule has 0 saturated carbocycles. The number of hydrogen-bond donors (Lipinski definition) is 4. The molecular weight excluding hydrogens is 394 g/mol. The smallest absolute Gasteiger partial charge is 0.329 e. The molecule has 0 spiro atoms. The van der Waals surface area contributed by atoms with Gasteiger partial charge in [0.1, 0.15) is 11.5 Å². The summed E-state index contributed by atoms with van der Waals surface area (Å²) in [5.41, 5.74) is -0.350. The zero-order chi connectivity index (χ0) is 21.4. The Labute approximate surface area is 170 Å². The highest BCUT2D eigenvalue weighted by Gasteiger charge is 2.38. The average Bonchev–Trinajstić information content (AvgIpc) is 3.12. The van der Waals surface area contributed by atoms with Gasteiger partial charge in [-0.15, -0.1) is 0 Å². The number of H-pyrrole nitrogens is 1. The number of aliphatic hydroxyl groups is 1. The zero-order valence-electron chi connectivity index (χ0n) is 16.4. The molecule has 2 aliphatic heterocycles. The fourth-order valence-corrected chi connectivity index (χ4v) is 3.88. The van der Waals surface area contributed by atoms with E-state index < -0.39 is 28.6 Å². The number of fused-ring (bicyclic) bond motifs is 1. The minimum atomic E-state index is -0.999. The number of anilines is 2. The van der Waals surface area contributed by atoms with E-state index in [4.69, 9.17) is 0 Å². The van der Waals surface area contributed by atoms with E-state index in [-0.39, 0.29) is 17.9 Å². The van der Waals surface area contributed by atoms with Gasteiger partial charge >= 0.3 is 5.69 Å². The molecule has 2 unspecified atom stereocenters. The topological polar surface area (TPSA) is 149 Å². The molecule has 3 heterocycles. The minimum absolute atomic E-state index is 0.0632. The number of hydrogen-bond acceptors (Lipinski definition) is 9. The lowest BCUT2D eigenvalue weighted by Gasteiger charge is -2.38. The normalized spacial score (nSPS) is 19.9. The van der Waals surface area contributed by atoms with Gasteiger partial charge in [-0.1, -0.05) is 0 Å². The molecule has 1 aromatic heterocycles. The summed E-state index contributed by atoms with van der Waals surface area (Å²) >= 11 is 0. The summed E-state index contributed by atoms with van der Waals surface area (Å²) in [7, 11) is 1.56. The Bertz CT molecular complexity index is 1060. The summed E-state index contributed by atoms with van der Waals surface area (Å²) in [6, 6.07) is 5.66. The third-order valence-corrected chi connectivity index (χ3v) is 5.50. The van der Waals surface area contributed by atoms with Gasteiger partial charge in [0.25, 0.3) is 11.2 Å². The molecule has 4 N–H and O–H groups in total. The molecule has 1 aromatic carbocycles. The van der Waals surface area contributed by atoms with Gasteiger partial charge in [-0.05, 0) is 17.7 Å². The van der Waals surface area contributed by atoms with Crippen LogP contribution in [-0.4, -0.2) is 63.5 Å². The first kappa shape index (κ1) is 20.1. The van der Waals surface area contributed by atoms with Crippen molar-refractivity contribution < 1.29 is 10.0 Å². The number of aromatic nitrogens is 2. The Morgan fingerprint density at radius 2 is 1.90 bits per heavy atom. The Balaban J connectivity index is 1.67. The van der Waals surface area contributed by atoms with E-state index >= 15 is 0 Å². The largest absolute Gasteiger partial charge is 0.387 e. The number of aliphatic hydroxyl groups excluding tert-OH is 1. The van der Waals surface area contributed by atoms with Crippen molar-refractivity contribution in [2.45, 2.75) is 12.4 Å². The first-order chi connectivity index (χ1) is 14.4. The van der Waals surface area contributed by atoms with Crippen LogP contribution in [0.2, 0.25) is 0 Å². The molecule has 1 saturated heterocycles. The lowest BCUT2D eigenvalue weighted by Crippen LogP contribution is -2.57. The highest BCUT2D eigenvalue weighted by Crippen LogP contribution is 2.33. The summed E-state index contributed by atoms with van der Waals surface area (Å²) < 4.78 is 1.34. The fraction of sp³-hybridized carbons (Fsp3) is 0.444. The maximum atomic E-state index is 12.6. The van der Waals surface area contributed by atoms with E-state index in [0.717, 1.165) is 26.2 Å². The van der Waals surface area contributed by atoms with Crippen LogP contribution in [-0.2, 0) is 7.05 Å². The molecule has 2 aliphatic rings. The summed E-state index contributed by atoms with van der Waals surface area (Å²) in [5, 5.41) is 28.2. The van der Waals surface area contributed by atoms with Gasteiger partial charge < -0.3 is 20.6 Å². The molecule has 1 fully saturated rings. The van der Waals surface area contributed by atoms with Crippen LogP contribution in [0, 0.1) is 10.1 Å². The zero-order valence-corrected chi connectivity index (χ0v) is 16.4. The van der Waals surface area contributed by atoms with Gasteiger partial charge in [-0.2, -0.15) is 0 Å². The first-order valence-electron chi connectivity index (χ1n) is 9.60. The second-order valence-corrected chi connectivity index (χ2v) is 7.34. The van der Waals surface area contributed by atoms with Gasteiger partial charge in [-0.25, -0.2) is 4.79 Å². The molecule has 0 amide bonds. The number of rotatable bonds is 5. The molecule has 2 aromatic rings. The maximum absolute atomic E-state index is 12.6. The molecule has 160 valence electrons. The number of piperazine rings is 1. The van der Waals surface area contributed by atoms with Crippen molar-refractivity contribution in [3.8, 4) is 0 Å². The second-order valence-electron chi connectivity index (χ2n) is 7.34. The summed E-state index contributed by atoms with van der Waals surface area (Å²) in [4.78, 5) is 41.2. The van der Waals surface area contributed by atoms with Crippen molar-refractivity contribution in [3.63, 3.8) is 0 Å². The maximum Gasteiger partial charge on any atom is 0.329 e. The molecule has 2 atom stereocenters. The van der Waals surface area contributed by atoms with Crippen molar-refractivity contribution in [2.75, 3.05) is 42.9 Å². The SMILES string of the molecule is Cn1c2c(c(=O)[nH]c1=O)N(CC(O)c1ccc([N+](=O)[O-])cc1)C(N1CCNCC1)N2. The average molecular weight is 417 g/mol. The first-order valence-corrected chi connectivity index (χ1v) is 9.60. The quantitative estimate of drug-likeness (QED) is 0.360. The fourth-order valence-electron chi connectivity index (χ4n) is 3.88. The number of benzene rings is 1. The number of aromatic amines is 1. The van der Waals surface area contributed by atoms with Crippen LogP contribution in [0.5, 0.6) is 0 Å². The van der Waals surface area contributed by atoms with Gasteiger partial charge in [0, 0.05) is 45.4 Å². The molecule has 0 aliphatic carbocycles. The third kappa shape index (κ3) is 3.56. The van der Waals surface area contributed by atoms with Crippen molar-refractivity contribution in [1.29, 1.82) is 0 Å². The monoisotopic (exact) mass is 417 g/mol. The van der Waals surface area contributed by atoms with Crippen LogP contribution >= 0.6 is 0 Å². The summed E-state index contributed by atoms with van der Waals surface area (Å²) in [6.45, 7) is 3.07. The van der Waals surface area contributed by atoms with Crippen molar-refractivity contribution in [3.05, 3.63) is 60.8 Å². The van der Waals surface area contributed by atoms with Crippen molar-refractivity contribution in [2.24, 2.45) is 7.05 Å². The summed E-state index contributed by atoms with van der Waals surface area (Å²) in [5.74, 6) is 0.392. The van der Waals surface area contributed by atoms with E-state index in [1.54, 1.807) is 11.9 Å². The highest BCUT2D eigenvalue weighted by molar-refractivity contribution is 5.71. The minimum Gasteiger partial charge on any atom is -0.387 e. The van der Waals surface area contributed by atoms with E-state index in [1.165, 1.54) is 28.8 Å². The second kappa shape index (κ2) is 7.89. The van der Waals surface area contributed by atoms with Crippen molar-refractivity contribution in [1.82, 2.24) is 19.8 Å². The van der Waals surface area contributed by atoms with Crippen LogP contribution in [0.25, 0.3) is 0 Å². The number of non-ortho nitro benzene ring substituents is 1. The van der Waals surface area contributed by atoms with Crippen LogP contribution in [0.1, 0.15) is 11.7 Å². The van der Waals surface area contributed by atoms with Gasteiger partial charge in [0.2, 0.25) is 0 Å². The van der Waals surface area contributed by atoms with Crippen LogP contribution in [0.15, 0.2) is 33.9 Å². The molecule has 30 heavy (non-hydrogen) atoms. The predicted molar refractivity (Wildman–Crippen MR) is 110 cm³/mol. The molecule has 0 bridgehead atoms. The highest BCUT2D eigenvalue weighted by atomic mass is 16.6. The van der Waals surface area contributed by atoms with E-state index in [1.807, 2.05) is 0 Å². The number of nitro benzene ring substituents is 1. The van der Waals surface area contributed by atoms with Crippen LogP contribution < -0.4 is 26.8 Å².